The third kappa shape index (κ3) is 6.50. The third-order valence-corrected chi connectivity index (χ3v) is 5.81. The van der Waals surface area contributed by atoms with Crippen LogP contribution in [-0.4, -0.2) is 36.6 Å². The van der Waals surface area contributed by atoms with E-state index in [4.69, 9.17) is 4.74 Å². The molecule has 0 saturated carbocycles. The van der Waals surface area contributed by atoms with Gasteiger partial charge in [-0.1, -0.05) is 18.2 Å². The van der Waals surface area contributed by atoms with E-state index in [0.29, 0.717) is 35.8 Å². The minimum atomic E-state index is -0.412. The largest absolute Gasteiger partial charge is 0.492 e. The van der Waals surface area contributed by atoms with Crippen molar-refractivity contribution in [3.8, 4) is 5.75 Å². The molecule has 1 saturated heterocycles. The maximum Gasteiger partial charge on any atom is 0.323 e. The fraction of sp³-hybridized carbons (Fsp3) is 0.296. The number of ether oxygens (including phenoxy) is 1. The van der Waals surface area contributed by atoms with E-state index in [2.05, 4.69) is 25.8 Å². The van der Waals surface area contributed by atoms with E-state index < -0.39 is 6.03 Å². The summed E-state index contributed by atoms with van der Waals surface area (Å²) in [6.07, 6.45) is 6.82. The van der Waals surface area contributed by atoms with Crippen LogP contribution in [0.3, 0.4) is 0 Å². The lowest BCUT2D eigenvalue weighted by Gasteiger charge is -2.30. The molecule has 8 nitrogen and oxygen atoms in total. The number of benzene rings is 2. The van der Waals surface area contributed by atoms with E-state index in [-0.39, 0.29) is 5.91 Å². The van der Waals surface area contributed by atoms with Gasteiger partial charge in [-0.05, 0) is 68.1 Å². The van der Waals surface area contributed by atoms with Crippen LogP contribution in [-0.2, 0) is 6.54 Å². The molecule has 0 atom stereocenters. The molecule has 2 heterocycles. The van der Waals surface area contributed by atoms with Gasteiger partial charge in [-0.25, -0.2) is 4.79 Å². The minimum absolute atomic E-state index is 0.194. The van der Waals surface area contributed by atoms with Crippen LogP contribution in [0, 0.1) is 0 Å². The van der Waals surface area contributed by atoms with Crippen molar-refractivity contribution in [1.29, 1.82) is 0 Å². The Morgan fingerprint density at radius 2 is 1.83 bits per heavy atom. The first-order chi connectivity index (χ1) is 17.1. The van der Waals surface area contributed by atoms with Crippen molar-refractivity contribution < 1.29 is 14.3 Å². The van der Waals surface area contributed by atoms with Gasteiger partial charge in [0.2, 0.25) is 0 Å². The number of para-hydroxylation sites is 2. The van der Waals surface area contributed by atoms with E-state index in [1.54, 1.807) is 30.6 Å². The van der Waals surface area contributed by atoms with Crippen molar-refractivity contribution in [3.63, 3.8) is 0 Å². The molecule has 0 radical (unpaired) electrons. The zero-order valence-corrected chi connectivity index (χ0v) is 19.9. The van der Waals surface area contributed by atoms with Crippen LogP contribution >= 0.6 is 0 Å². The van der Waals surface area contributed by atoms with Crippen molar-refractivity contribution in [3.05, 3.63) is 78.1 Å². The number of nitrogens with one attached hydrogen (secondary N) is 3. The van der Waals surface area contributed by atoms with Crippen LogP contribution in [0.25, 0.3) is 0 Å². The second-order valence-electron chi connectivity index (χ2n) is 8.33. The van der Waals surface area contributed by atoms with Crippen LogP contribution in [0.2, 0.25) is 0 Å². The Balaban J connectivity index is 1.51. The topological polar surface area (TPSA) is 95.6 Å². The summed E-state index contributed by atoms with van der Waals surface area (Å²) in [5.74, 6) is 0.404. The number of piperidine rings is 1. The summed E-state index contributed by atoms with van der Waals surface area (Å²) in [4.78, 5) is 32.3. The summed E-state index contributed by atoms with van der Waals surface area (Å²) >= 11 is 0. The maximum atomic E-state index is 13.2. The maximum absolute atomic E-state index is 13.2. The molecule has 1 aliphatic rings. The number of carbonyl (C=O) groups is 2. The van der Waals surface area contributed by atoms with Gasteiger partial charge in [-0.2, -0.15) is 0 Å². The Hall–Kier alpha value is -4.07. The van der Waals surface area contributed by atoms with Gasteiger partial charge >= 0.3 is 6.03 Å². The molecule has 0 bridgehead atoms. The summed E-state index contributed by atoms with van der Waals surface area (Å²) in [6, 6.07) is 16.1. The lowest BCUT2D eigenvalue weighted by atomic mass is 10.1. The standard InChI is InChI=1S/C27H31N5O3/c1-2-35-25-11-5-4-10-23(25)31-27(34)30-21-12-13-24(32-15-6-3-7-16-32)22(17-21)26(33)29-19-20-9-8-14-28-18-20/h4-5,8-14,17-18H,2-3,6-7,15-16,19H2,1H3,(H,29,33)(H2,30,31,34). The number of rotatable bonds is 8. The lowest BCUT2D eigenvalue weighted by molar-refractivity contribution is 0.0951. The van der Waals surface area contributed by atoms with Crippen molar-refractivity contribution in [1.82, 2.24) is 10.3 Å². The van der Waals surface area contributed by atoms with E-state index >= 15 is 0 Å². The summed E-state index contributed by atoms with van der Waals surface area (Å²) in [7, 11) is 0. The first kappa shape index (κ1) is 24.1. The van der Waals surface area contributed by atoms with Gasteiger partial charge in [-0.3, -0.25) is 9.78 Å². The fourth-order valence-electron chi connectivity index (χ4n) is 4.12. The molecular weight excluding hydrogens is 442 g/mol. The number of carbonyl (C=O) groups excluding carboxylic acids is 2. The second-order valence-corrected chi connectivity index (χ2v) is 8.33. The van der Waals surface area contributed by atoms with Gasteiger partial charge in [0.05, 0.1) is 17.9 Å². The molecule has 0 spiro atoms. The van der Waals surface area contributed by atoms with E-state index in [1.165, 1.54) is 6.42 Å². The molecule has 35 heavy (non-hydrogen) atoms. The monoisotopic (exact) mass is 473 g/mol. The average Bonchev–Trinajstić information content (AvgIpc) is 2.89. The Morgan fingerprint density at radius 1 is 1.00 bits per heavy atom. The number of aromatic nitrogens is 1. The Kier molecular flexibility index (Phi) is 8.17. The molecule has 3 aromatic rings. The molecular formula is C27H31N5O3. The quantitative estimate of drug-likeness (QED) is 0.426. The van der Waals surface area contributed by atoms with Crippen LogP contribution < -0.4 is 25.6 Å². The van der Waals surface area contributed by atoms with E-state index in [9.17, 15) is 9.59 Å². The first-order valence-corrected chi connectivity index (χ1v) is 12.0. The number of pyridine rings is 1. The highest BCUT2D eigenvalue weighted by atomic mass is 16.5. The first-order valence-electron chi connectivity index (χ1n) is 12.0. The molecule has 4 rings (SSSR count). The zero-order valence-electron chi connectivity index (χ0n) is 19.9. The molecule has 0 unspecified atom stereocenters. The van der Waals surface area contributed by atoms with Gasteiger partial charge in [0.25, 0.3) is 5.91 Å². The Bertz CT molecular complexity index is 1150. The number of nitrogens with zero attached hydrogens (tertiary/aromatic N) is 2. The summed E-state index contributed by atoms with van der Waals surface area (Å²) in [5, 5.41) is 8.66. The van der Waals surface area contributed by atoms with Crippen molar-refractivity contribution in [2.24, 2.45) is 0 Å². The highest BCUT2D eigenvalue weighted by Crippen LogP contribution is 2.28. The van der Waals surface area contributed by atoms with Gasteiger partial charge in [0.15, 0.2) is 0 Å². The Labute approximate surface area is 205 Å². The molecule has 1 aromatic heterocycles. The molecule has 182 valence electrons. The molecule has 3 N–H and O–H groups in total. The van der Waals surface area contributed by atoms with Crippen LogP contribution in [0.1, 0.15) is 42.1 Å². The number of amides is 3. The van der Waals surface area contributed by atoms with E-state index in [1.807, 2.05) is 43.3 Å². The van der Waals surface area contributed by atoms with Crippen LogP contribution in [0.15, 0.2) is 67.0 Å². The number of hydrogen-bond donors (Lipinski definition) is 3. The van der Waals surface area contributed by atoms with Crippen molar-refractivity contribution >= 4 is 29.0 Å². The van der Waals surface area contributed by atoms with Gasteiger partial charge in [0.1, 0.15) is 5.75 Å². The van der Waals surface area contributed by atoms with Crippen molar-refractivity contribution in [2.75, 3.05) is 35.2 Å². The SMILES string of the molecule is CCOc1ccccc1NC(=O)Nc1ccc(N2CCCCC2)c(C(=O)NCc2cccnc2)c1. The number of anilines is 3. The van der Waals surface area contributed by atoms with Crippen molar-refractivity contribution in [2.45, 2.75) is 32.7 Å². The van der Waals surface area contributed by atoms with Gasteiger partial charge < -0.3 is 25.6 Å². The lowest BCUT2D eigenvalue weighted by Crippen LogP contribution is -2.33. The predicted molar refractivity (Wildman–Crippen MR) is 138 cm³/mol. The highest BCUT2D eigenvalue weighted by molar-refractivity contribution is 6.04. The summed E-state index contributed by atoms with van der Waals surface area (Å²) < 4.78 is 5.58. The molecule has 1 aliphatic heterocycles. The molecule has 8 heteroatoms. The van der Waals surface area contributed by atoms with Gasteiger partial charge in [0, 0.05) is 43.4 Å². The minimum Gasteiger partial charge on any atom is -0.492 e. The summed E-state index contributed by atoms with van der Waals surface area (Å²) in [5.41, 5.74) is 3.43. The number of hydrogen-bond acceptors (Lipinski definition) is 5. The molecule has 3 amide bonds. The van der Waals surface area contributed by atoms with Gasteiger partial charge in [-0.15, -0.1) is 0 Å². The normalized spacial score (nSPS) is 13.1. The Morgan fingerprint density at radius 3 is 2.60 bits per heavy atom. The second kappa shape index (κ2) is 11.9. The fourth-order valence-corrected chi connectivity index (χ4v) is 4.12. The van der Waals surface area contributed by atoms with E-state index in [0.717, 1.165) is 37.2 Å². The summed E-state index contributed by atoms with van der Waals surface area (Å²) in [6.45, 7) is 4.57. The third-order valence-electron chi connectivity index (χ3n) is 5.81. The number of urea groups is 1. The smallest absolute Gasteiger partial charge is 0.323 e. The highest BCUT2D eigenvalue weighted by Gasteiger charge is 2.20. The molecule has 2 aromatic carbocycles. The molecule has 0 aliphatic carbocycles. The van der Waals surface area contributed by atoms with Crippen LogP contribution in [0.5, 0.6) is 5.75 Å². The van der Waals surface area contributed by atoms with Crippen LogP contribution in [0.4, 0.5) is 21.9 Å². The molecule has 1 fully saturated rings. The predicted octanol–water partition coefficient (Wildman–Crippen LogP) is 5.04. The average molecular weight is 474 g/mol. The zero-order chi connectivity index (χ0) is 24.5.